The van der Waals surface area contributed by atoms with Crippen molar-refractivity contribution in [3.05, 3.63) is 35.9 Å². The molecule has 0 aromatic heterocycles. The lowest BCUT2D eigenvalue weighted by molar-refractivity contribution is -0.0585. The molecular weight excluding hydrogens is 286 g/mol. The fourth-order valence-corrected chi connectivity index (χ4v) is 5.15. The second-order valence-electron chi connectivity index (χ2n) is 5.92. The van der Waals surface area contributed by atoms with Crippen molar-refractivity contribution in [1.29, 1.82) is 0 Å². The van der Waals surface area contributed by atoms with Crippen LogP contribution in [0.25, 0.3) is 0 Å². The van der Waals surface area contributed by atoms with Crippen LogP contribution < -0.4 is 0 Å². The van der Waals surface area contributed by atoms with Gasteiger partial charge in [-0.1, -0.05) is 43.2 Å². The molecule has 0 radical (unpaired) electrons. The molecule has 0 bridgehead atoms. The molecule has 0 amide bonds. The minimum atomic E-state index is -3.20. The maximum Gasteiger partial charge on any atom is 0.214 e. The van der Waals surface area contributed by atoms with Gasteiger partial charge in [-0.25, -0.2) is 8.42 Å². The Balaban J connectivity index is 1.68. The highest BCUT2D eigenvalue weighted by molar-refractivity contribution is 7.89. The fourth-order valence-electron chi connectivity index (χ4n) is 3.42. The van der Waals surface area contributed by atoms with Crippen LogP contribution in [0.1, 0.15) is 31.2 Å². The first-order valence-electron chi connectivity index (χ1n) is 7.82. The molecule has 1 heterocycles. The third-order valence-electron chi connectivity index (χ3n) is 4.53. The minimum Gasteiger partial charge on any atom is -0.375 e. The third-order valence-corrected chi connectivity index (χ3v) is 6.42. The van der Waals surface area contributed by atoms with Gasteiger partial charge >= 0.3 is 0 Å². The van der Waals surface area contributed by atoms with Gasteiger partial charge in [0.05, 0.1) is 24.5 Å². The second kappa shape index (κ2) is 6.46. The second-order valence-corrected chi connectivity index (χ2v) is 7.96. The highest BCUT2D eigenvalue weighted by Crippen LogP contribution is 2.30. The van der Waals surface area contributed by atoms with E-state index in [-0.39, 0.29) is 17.9 Å². The zero-order valence-corrected chi connectivity index (χ0v) is 13.1. The minimum absolute atomic E-state index is 0.0632. The molecule has 5 heteroatoms. The Morgan fingerprint density at radius 1 is 1.14 bits per heavy atom. The summed E-state index contributed by atoms with van der Waals surface area (Å²) in [6, 6.07) is 9.89. The summed E-state index contributed by atoms with van der Waals surface area (Å²) in [6.07, 6.45) is 4.88. The molecule has 1 saturated carbocycles. The number of ether oxygens (including phenoxy) is 1. The molecule has 1 aliphatic heterocycles. The van der Waals surface area contributed by atoms with E-state index >= 15 is 0 Å². The number of fused-ring (bicyclic) bond motifs is 1. The number of sulfonamides is 1. The Morgan fingerprint density at radius 2 is 1.90 bits per heavy atom. The Morgan fingerprint density at radius 3 is 2.71 bits per heavy atom. The molecule has 4 nitrogen and oxygen atoms in total. The third kappa shape index (κ3) is 3.47. The molecule has 1 aromatic rings. The lowest BCUT2D eigenvalue weighted by atomic mass is 9.91. The molecule has 0 spiro atoms. The number of hydrogen-bond acceptors (Lipinski definition) is 3. The first kappa shape index (κ1) is 15.0. The summed E-state index contributed by atoms with van der Waals surface area (Å²) in [5.41, 5.74) is 1.08. The average Bonchev–Trinajstić information content (AvgIpc) is 2.53. The number of rotatable bonds is 4. The summed E-state index contributed by atoms with van der Waals surface area (Å²) in [7, 11) is -3.20. The van der Waals surface area contributed by atoms with E-state index < -0.39 is 10.0 Å². The van der Waals surface area contributed by atoms with E-state index in [1.54, 1.807) is 4.31 Å². The highest BCUT2D eigenvalue weighted by atomic mass is 32.2. The van der Waals surface area contributed by atoms with E-state index in [1.165, 1.54) is 0 Å². The van der Waals surface area contributed by atoms with Crippen molar-refractivity contribution in [2.75, 3.05) is 18.9 Å². The predicted molar refractivity (Wildman–Crippen MR) is 82.6 cm³/mol. The molecular formula is C16H23NO3S. The van der Waals surface area contributed by atoms with Gasteiger partial charge in [0.15, 0.2) is 0 Å². The summed E-state index contributed by atoms with van der Waals surface area (Å²) in [6.45, 7) is 1.05. The van der Waals surface area contributed by atoms with Crippen LogP contribution in [0.15, 0.2) is 30.3 Å². The molecule has 2 unspecified atom stereocenters. The van der Waals surface area contributed by atoms with Gasteiger partial charge in [0, 0.05) is 6.54 Å². The molecule has 2 aliphatic rings. The first-order chi connectivity index (χ1) is 10.2. The van der Waals surface area contributed by atoms with Crippen LogP contribution in [0, 0.1) is 0 Å². The molecule has 2 fully saturated rings. The molecule has 116 valence electrons. The van der Waals surface area contributed by atoms with Crippen molar-refractivity contribution in [3.8, 4) is 0 Å². The van der Waals surface area contributed by atoms with Crippen LogP contribution in [-0.4, -0.2) is 43.8 Å². The Kier molecular flexibility index (Phi) is 4.62. The van der Waals surface area contributed by atoms with Crippen molar-refractivity contribution in [1.82, 2.24) is 4.31 Å². The maximum absolute atomic E-state index is 12.7. The van der Waals surface area contributed by atoms with E-state index in [2.05, 4.69) is 0 Å². The summed E-state index contributed by atoms with van der Waals surface area (Å²) >= 11 is 0. The Bertz CT molecular complexity index is 556. The van der Waals surface area contributed by atoms with Gasteiger partial charge in [0.2, 0.25) is 10.0 Å². The first-order valence-corrected chi connectivity index (χ1v) is 9.43. The van der Waals surface area contributed by atoms with E-state index in [9.17, 15) is 8.42 Å². The van der Waals surface area contributed by atoms with Gasteiger partial charge in [0.1, 0.15) is 0 Å². The molecule has 21 heavy (non-hydrogen) atoms. The number of hydrogen-bond donors (Lipinski definition) is 0. The smallest absolute Gasteiger partial charge is 0.214 e. The number of morpholine rings is 1. The molecule has 3 rings (SSSR count). The van der Waals surface area contributed by atoms with Gasteiger partial charge in [-0.3, -0.25) is 0 Å². The van der Waals surface area contributed by atoms with Crippen LogP contribution >= 0.6 is 0 Å². The van der Waals surface area contributed by atoms with Crippen molar-refractivity contribution in [3.63, 3.8) is 0 Å². The number of nitrogens with zero attached hydrogens (tertiary/aromatic N) is 1. The van der Waals surface area contributed by atoms with Gasteiger partial charge in [-0.15, -0.1) is 0 Å². The van der Waals surface area contributed by atoms with Gasteiger partial charge < -0.3 is 4.74 Å². The van der Waals surface area contributed by atoms with Gasteiger partial charge in [-0.05, 0) is 24.8 Å². The Labute approximate surface area is 127 Å². The number of aryl methyl sites for hydroxylation is 1. The van der Waals surface area contributed by atoms with Gasteiger partial charge in [0.25, 0.3) is 0 Å². The zero-order valence-electron chi connectivity index (χ0n) is 12.3. The van der Waals surface area contributed by atoms with E-state index in [1.807, 2.05) is 30.3 Å². The van der Waals surface area contributed by atoms with E-state index in [0.717, 1.165) is 31.2 Å². The maximum atomic E-state index is 12.7. The van der Waals surface area contributed by atoms with Crippen LogP contribution in [0.3, 0.4) is 0 Å². The lowest BCUT2D eigenvalue weighted by Crippen LogP contribution is -2.55. The van der Waals surface area contributed by atoms with Crippen LogP contribution in [0.5, 0.6) is 0 Å². The van der Waals surface area contributed by atoms with Gasteiger partial charge in [-0.2, -0.15) is 4.31 Å². The van der Waals surface area contributed by atoms with E-state index in [0.29, 0.717) is 19.6 Å². The monoisotopic (exact) mass is 309 g/mol. The normalized spacial score (nSPS) is 27.2. The predicted octanol–water partition coefficient (Wildman–Crippen LogP) is 2.20. The van der Waals surface area contributed by atoms with Crippen molar-refractivity contribution in [2.24, 2.45) is 0 Å². The number of benzene rings is 1. The average molecular weight is 309 g/mol. The highest BCUT2D eigenvalue weighted by Gasteiger charge is 2.39. The van der Waals surface area contributed by atoms with Crippen LogP contribution in [0.4, 0.5) is 0 Å². The quantitative estimate of drug-likeness (QED) is 0.856. The topological polar surface area (TPSA) is 46.6 Å². The summed E-state index contributed by atoms with van der Waals surface area (Å²) in [5.74, 6) is 0.195. The molecule has 1 saturated heterocycles. The van der Waals surface area contributed by atoms with Crippen LogP contribution in [0.2, 0.25) is 0 Å². The van der Waals surface area contributed by atoms with Crippen LogP contribution in [-0.2, 0) is 21.2 Å². The summed E-state index contributed by atoms with van der Waals surface area (Å²) in [4.78, 5) is 0. The van der Waals surface area contributed by atoms with Crippen molar-refractivity contribution in [2.45, 2.75) is 44.2 Å². The molecule has 1 aliphatic carbocycles. The molecule has 1 aromatic carbocycles. The van der Waals surface area contributed by atoms with Crippen molar-refractivity contribution >= 4 is 10.0 Å². The molecule has 0 N–H and O–H groups in total. The fraction of sp³-hybridized carbons (Fsp3) is 0.625. The zero-order chi connectivity index (χ0) is 14.7. The SMILES string of the molecule is O=S(=O)(CCc1ccccc1)N1CCOC2CCCCC21. The van der Waals surface area contributed by atoms with Crippen molar-refractivity contribution < 1.29 is 13.2 Å². The lowest BCUT2D eigenvalue weighted by Gasteiger charge is -2.42. The standard InChI is InChI=1S/C16H23NO3S/c18-21(19,13-10-14-6-2-1-3-7-14)17-11-12-20-16-9-5-4-8-15(16)17/h1-3,6-7,15-16H,4-5,8-13H2. The largest absolute Gasteiger partial charge is 0.375 e. The van der Waals surface area contributed by atoms with E-state index in [4.69, 9.17) is 4.74 Å². The Hall–Kier alpha value is -0.910. The summed E-state index contributed by atoms with van der Waals surface area (Å²) in [5, 5.41) is 0. The summed E-state index contributed by atoms with van der Waals surface area (Å²) < 4.78 is 32.9. The molecule has 2 atom stereocenters.